The molecule has 1 aromatic rings. The van der Waals surface area contributed by atoms with Gasteiger partial charge in [0.25, 0.3) is 5.91 Å². The fourth-order valence-corrected chi connectivity index (χ4v) is 1.02. The number of rotatable bonds is 3. The molecule has 1 aromatic carbocycles. The predicted molar refractivity (Wildman–Crippen MR) is 62.4 cm³/mol. The van der Waals surface area contributed by atoms with E-state index in [-0.39, 0.29) is 5.91 Å². The molecule has 0 atom stereocenters. The summed E-state index contributed by atoms with van der Waals surface area (Å²) < 4.78 is 0. The molecule has 0 heterocycles. The number of hydrogen-bond donors (Lipinski definition) is 2. The first-order valence-corrected chi connectivity index (χ1v) is 4.82. The van der Waals surface area contributed by atoms with Gasteiger partial charge in [0.1, 0.15) is 6.21 Å². The maximum Gasteiger partial charge on any atom is 0.268 e. The van der Waals surface area contributed by atoms with Gasteiger partial charge in [0.2, 0.25) is 5.91 Å². The molecule has 0 spiro atoms. The van der Waals surface area contributed by atoms with Gasteiger partial charge in [-0.15, -0.1) is 0 Å². The molecule has 0 aliphatic heterocycles. The number of nitrogens with one attached hydrogen (secondary N) is 2. The van der Waals surface area contributed by atoms with Crippen LogP contribution in [-0.2, 0) is 9.59 Å². The zero-order valence-electron chi connectivity index (χ0n) is 8.53. The van der Waals surface area contributed by atoms with Crippen molar-refractivity contribution in [2.75, 3.05) is 5.32 Å². The van der Waals surface area contributed by atoms with E-state index in [1.54, 1.807) is 24.3 Å². The maximum atomic E-state index is 11.2. The molecule has 1 rings (SSSR count). The summed E-state index contributed by atoms with van der Waals surface area (Å²) in [4.78, 5) is 21.7. The van der Waals surface area contributed by atoms with Crippen molar-refractivity contribution in [2.24, 2.45) is 5.10 Å². The van der Waals surface area contributed by atoms with Crippen LogP contribution >= 0.6 is 11.6 Å². The highest BCUT2D eigenvalue weighted by Gasteiger charge is 1.98. The van der Waals surface area contributed by atoms with Gasteiger partial charge in [-0.3, -0.25) is 9.59 Å². The Balaban J connectivity index is 2.48. The van der Waals surface area contributed by atoms with E-state index < -0.39 is 5.91 Å². The van der Waals surface area contributed by atoms with Crippen molar-refractivity contribution in [3.63, 3.8) is 0 Å². The van der Waals surface area contributed by atoms with E-state index in [1.165, 1.54) is 6.92 Å². The lowest BCUT2D eigenvalue weighted by molar-refractivity contribution is -0.118. The van der Waals surface area contributed by atoms with Gasteiger partial charge < -0.3 is 5.32 Å². The van der Waals surface area contributed by atoms with Crippen molar-refractivity contribution in [3.8, 4) is 0 Å². The van der Waals surface area contributed by atoms with Gasteiger partial charge in [0.05, 0.1) is 0 Å². The molecule has 0 aliphatic rings. The van der Waals surface area contributed by atoms with E-state index in [1.807, 2.05) is 0 Å². The van der Waals surface area contributed by atoms with Crippen molar-refractivity contribution in [2.45, 2.75) is 6.92 Å². The van der Waals surface area contributed by atoms with Gasteiger partial charge in [-0.05, 0) is 24.3 Å². The van der Waals surface area contributed by atoms with Crippen molar-refractivity contribution in [1.82, 2.24) is 5.43 Å². The summed E-state index contributed by atoms with van der Waals surface area (Å²) >= 11 is 5.68. The van der Waals surface area contributed by atoms with Crippen LogP contribution in [0.15, 0.2) is 29.4 Å². The summed E-state index contributed by atoms with van der Waals surface area (Å²) in [5.74, 6) is -0.772. The minimum absolute atomic E-state index is 0.337. The molecule has 0 saturated carbocycles. The third-order valence-electron chi connectivity index (χ3n) is 1.52. The fraction of sp³-hybridized carbons (Fsp3) is 0.100. The lowest BCUT2D eigenvalue weighted by Crippen LogP contribution is -2.18. The van der Waals surface area contributed by atoms with Crippen LogP contribution in [0.3, 0.4) is 0 Å². The van der Waals surface area contributed by atoms with Crippen molar-refractivity contribution in [3.05, 3.63) is 29.3 Å². The molecule has 0 bridgehead atoms. The molecule has 6 heteroatoms. The molecular formula is C10H10ClN3O2. The van der Waals surface area contributed by atoms with Crippen LogP contribution in [0.1, 0.15) is 6.92 Å². The molecular weight excluding hydrogens is 230 g/mol. The standard InChI is InChI=1S/C10H10ClN3O2/c1-7(15)14-12-6-10(16)13-9-4-2-8(11)3-5-9/h2-6H,1H3,(H,13,16)(H,14,15). The minimum atomic E-state index is -0.434. The second kappa shape index (κ2) is 5.87. The number of hydrogen-bond acceptors (Lipinski definition) is 3. The molecule has 16 heavy (non-hydrogen) atoms. The smallest absolute Gasteiger partial charge is 0.268 e. The lowest BCUT2D eigenvalue weighted by Gasteiger charge is -2.00. The number of anilines is 1. The first-order valence-electron chi connectivity index (χ1n) is 4.44. The number of hydrazone groups is 1. The molecule has 0 saturated heterocycles. The van der Waals surface area contributed by atoms with Crippen molar-refractivity contribution >= 4 is 35.3 Å². The Bertz CT molecular complexity index is 415. The van der Waals surface area contributed by atoms with Crippen molar-refractivity contribution in [1.29, 1.82) is 0 Å². The largest absolute Gasteiger partial charge is 0.321 e. The summed E-state index contributed by atoms with van der Waals surface area (Å²) in [5, 5.41) is 6.55. The fourth-order valence-electron chi connectivity index (χ4n) is 0.890. The van der Waals surface area contributed by atoms with E-state index >= 15 is 0 Å². The third kappa shape index (κ3) is 4.56. The number of nitrogens with zero attached hydrogens (tertiary/aromatic N) is 1. The molecule has 5 nitrogen and oxygen atoms in total. The Morgan fingerprint density at radius 1 is 1.31 bits per heavy atom. The van der Waals surface area contributed by atoms with Crippen LogP contribution in [0, 0.1) is 0 Å². The van der Waals surface area contributed by atoms with Crippen LogP contribution in [0.2, 0.25) is 5.02 Å². The maximum absolute atomic E-state index is 11.2. The first kappa shape index (κ1) is 12.2. The Kier molecular flexibility index (Phi) is 4.47. The number of benzene rings is 1. The highest BCUT2D eigenvalue weighted by molar-refractivity contribution is 6.32. The topological polar surface area (TPSA) is 70.6 Å². The Hall–Kier alpha value is -1.88. The summed E-state index contributed by atoms with van der Waals surface area (Å²) in [7, 11) is 0. The Morgan fingerprint density at radius 2 is 1.94 bits per heavy atom. The van der Waals surface area contributed by atoms with Crippen LogP contribution in [-0.4, -0.2) is 18.0 Å². The van der Waals surface area contributed by atoms with E-state index in [2.05, 4.69) is 15.8 Å². The average Bonchev–Trinajstić information content (AvgIpc) is 2.21. The van der Waals surface area contributed by atoms with Crippen LogP contribution in [0.25, 0.3) is 0 Å². The number of carbonyl (C=O) groups excluding carboxylic acids is 2. The van der Waals surface area contributed by atoms with Gasteiger partial charge in [0.15, 0.2) is 0 Å². The van der Waals surface area contributed by atoms with E-state index in [0.29, 0.717) is 10.7 Å². The molecule has 0 aliphatic carbocycles. The van der Waals surface area contributed by atoms with Gasteiger partial charge >= 0.3 is 0 Å². The van der Waals surface area contributed by atoms with Gasteiger partial charge in [-0.25, -0.2) is 5.43 Å². The second-order valence-corrected chi connectivity index (χ2v) is 3.36. The van der Waals surface area contributed by atoms with Crippen LogP contribution in [0.4, 0.5) is 5.69 Å². The predicted octanol–water partition coefficient (Wildman–Crippen LogP) is 1.40. The summed E-state index contributed by atoms with van der Waals surface area (Å²) in [6.45, 7) is 1.30. The zero-order chi connectivity index (χ0) is 12.0. The quantitative estimate of drug-likeness (QED) is 0.618. The molecule has 2 amide bonds. The van der Waals surface area contributed by atoms with E-state index in [9.17, 15) is 9.59 Å². The normalized spacial score (nSPS) is 10.1. The Morgan fingerprint density at radius 3 is 2.50 bits per heavy atom. The van der Waals surface area contributed by atoms with E-state index in [0.717, 1.165) is 6.21 Å². The SMILES string of the molecule is CC(=O)NN=CC(=O)Nc1ccc(Cl)cc1. The molecule has 0 fully saturated rings. The molecule has 0 unspecified atom stereocenters. The lowest BCUT2D eigenvalue weighted by atomic mass is 10.3. The van der Waals surface area contributed by atoms with Crippen molar-refractivity contribution < 1.29 is 9.59 Å². The molecule has 2 N–H and O–H groups in total. The summed E-state index contributed by atoms with van der Waals surface area (Å²) in [6, 6.07) is 6.63. The van der Waals surface area contributed by atoms with Crippen LogP contribution in [0.5, 0.6) is 0 Å². The molecule has 0 radical (unpaired) electrons. The average molecular weight is 240 g/mol. The van der Waals surface area contributed by atoms with Gasteiger partial charge in [-0.1, -0.05) is 11.6 Å². The highest BCUT2D eigenvalue weighted by Crippen LogP contribution is 2.12. The van der Waals surface area contributed by atoms with Crippen LogP contribution < -0.4 is 10.7 Å². The third-order valence-corrected chi connectivity index (χ3v) is 1.77. The summed E-state index contributed by atoms with van der Waals surface area (Å²) in [6.07, 6.45) is 0.982. The highest BCUT2D eigenvalue weighted by atomic mass is 35.5. The Labute approximate surface area is 97.5 Å². The van der Waals surface area contributed by atoms with E-state index in [4.69, 9.17) is 11.6 Å². The van der Waals surface area contributed by atoms with Gasteiger partial charge in [0, 0.05) is 17.6 Å². The van der Waals surface area contributed by atoms with Gasteiger partial charge in [-0.2, -0.15) is 5.10 Å². The minimum Gasteiger partial charge on any atom is -0.321 e. The zero-order valence-corrected chi connectivity index (χ0v) is 9.28. The molecule has 0 aromatic heterocycles. The first-order chi connectivity index (χ1) is 7.58. The summed E-state index contributed by atoms with van der Waals surface area (Å²) in [5.41, 5.74) is 2.72. The second-order valence-electron chi connectivity index (χ2n) is 2.92. The number of halogens is 1. The monoisotopic (exact) mass is 239 g/mol. The number of carbonyl (C=O) groups is 2. The molecule has 84 valence electrons. The number of amides is 2.